The third-order valence-electron chi connectivity index (χ3n) is 4.00. The van der Waals surface area contributed by atoms with Crippen molar-refractivity contribution in [3.8, 4) is 0 Å². The highest BCUT2D eigenvalue weighted by Crippen LogP contribution is 2.43. The Morgan fingerprint density at radius 2 is 1.22 bits per heavy atom. The van der Waals surface area contributed by atoms with Gasteiger partial charge in [-0.05, 0) is 37.0 Å². The zero-order valence-electron chi connectivity index (χ0n) is 24.2. The highest BCUT2D eigenvalue weighted by atomic mass is 33.1. The van der Waals surface area contributed by atoms with Crippen molar-refractivity contribution in [2.24, 2.45) is 0 Å². The summed E-state index contributed by atoms with van der Waals surface area (Å²) in [5, 5.41) is 0.371. The summed E-state index contributed by atoms with van der Waals surface area (Å²) in [7, 11) is 3.89. The standard InChI is InChI=1S/C21H20S2.C4H8.C3H8.2C2H6.C2H4/c1-2-6-12-18(11-5-1)17-22-23-21(19-13-7-3-8-14-19)20-15-9-4-10-16-20;1-3-4-2;1-3-2;3*1-2/h1-5,7-16,21H,6,17H2;3-4H,1-2H3;3H2,1-2H3;2*1-2H3;1-2H2/b;4-3-;;;;. The average Bonchev–Trinajstić information content (AvgIpc) is 3.25. The van der Waals surface area contributed by atoms with Gasteiger partial charge in [-0.2, -0.15) is 0 Å². The summed E-state index contributed by atoms with van der Waals surface area (Å²) in [6.45, 7) is 22.2. The highest BCUT2D eigenvalue weighted by Gasteiger charge is 2.14. The zero-order valence-corrected chi connectivity index (χ0v) is 25.9. The van der Waals surface area contributed by atoms with Crippen LogP contribution < -0.4 is 0 Å². The Bertz CT molecular complexity index is 743. The fraction of sp³-hybridized carbons (Fsp3) is 0.353. The predicted molar refractivity (Wildman–Crippen MR) is 176 cm³/mol. The van der Waals surface area contributed by atoms with E-state index >= 15 is 0 Å². The molecular weight excluding hydrogens is 473 g/mol. The molecule has 2 aromatic rings. The van der Waals surface area contributed by atoms with E-state index in [1.54, 1.807) is 0 Å². The van der Waals surface area contributed by atoms with Gasteiger partial charge in [0.2, 0.25) is 0 Å². The van der Waals surface area contributed by atoms with E-state index in [-0.39, 0.29) is 0 Å². The van der Waals surface area contributed by atoms with Crippen LogP contribution in [-0.2, 0) is 0 Å². The van der Waals surface area contributed by atoms with Crippen molar-refractivity contribution < 1.29 is 0 Å². The van der Waals surface area contributed by atoms with Crippen molar-refractivity contribution in [3.05, 3.63) is 133 Å². The summed E-state index contributed by atoms with van der Waals surface area (Å²) in [5.41, 5.74) is 4.14. The van der Waals surface area contributed by atoms with Crippen LogP contribution >= 0.6 is 21.6 Å². The molecule has 0 aromatic heterocycles. The Balaban J connectivity index is -0.000000715. The molecule has 0 heterocycles. The summed E-state index contributed by atoms with van der Waals surface area (Å²) in [4.78, 5) is 0. The Kier molecular flexibility index (Phi) is 35.0. The number of allylic oxidation sites excluding steroid dienone is 7. The molecule has 3 rings (SSSR count). The number of hydrogen-bond acceptors (Lipinski definition) is 2. The van der Waals surface area contributed by atoms with Gasteiger partial charge in [0, 0.05) is 5.75 Å². The second-order valence-corrected chi connectivity index (χ2v) is 9.21. The Morgan fingerprint density at radius 1 is 0.778 bits per heavy atom. The first-order valence-electron chi connectivity index (χ1n) is 13.2. The van der Waals surface area contributed by atoms with Gasteiger partial charge < -0.3 is 0 Å². The molecular formula is C34H52S2. The van der Waals surface area contributed by atoms with Crippen LogP contribution in [0.25, 0.3) is 0 Å². The first-order chi connectivity index (χ1) is 17.8. The Morgan fingerprint density at radius 3 is 1.64 bits per heavy atom. The van der Waals surface area contributed by atoms with Gasteiger partial charge in [0.25, 0.3) is 0 Å². The van der Waals surface area contributed by atoms with Gasteiger partial charge >= 0.3 is 0 Å². The topological polar surface area (TPSA) is 0 Å². The van der Waals surface area contributed by atoms with Gasteiger partial charge in [-0.25, -0.2) is 0 Å². The van der Waals surface area contributed by atoms with Crippen molar-refractivity contribution in [2.45, 2.75) is 73.5 Å². The second kappa shape index (κ2) is 32.8. The zero-order chi connectivity index (χ0) is 27.9. The highest BCUT2D eigenvalue weighted by molar-refractivity contribution is 8.76. The molecule has 0 spiro atoms. The first kappa shape index (κ1) is 38.4. The summed E-state index contributed by atoms with van der Waals surface area (Å²) < 4.78 is 0. The molecule has 0 bridgehead atoms. The molecule has 0 nitrogen and oxygen atoms in total. The van der Waals surface area contributed by atoms with Gasteiger partial charge in [0.15, 0.2) is 0 Å². The lowest BCUT2D eigenvalue weighted by Crippen LogP contribution is -1.95. The SMILES string of the molecule is C/C=C\C.C1=CCC=C(CSSC(c2ccccc2)c2ccccc2)C=C1.C=C.CC.CC.CCC. The maximum Gasteiger partial charge on any atom is 0.0650 e. The number of rotatable bonds is 6. The molecule has 0 atom stereocenters. The third kappa shape index (κ3) is 21.1. The van der Waals surface area contributed by atoms with Crippen molar-refractivity contribution in [1.29, 1.82) is 0 Å². The van der Waals surface area contributed by atoms with Gasteiger partial charge in [0.1, 0.15) is 0 Å². The molecule has 2 aromatic carbocycles. The predicted octanol–water partition coefficient (Wildman–Crippen LogP) is 12.5. The lowest BCUT2D eigenvalue weighted by molar-refractivity contribution is 1.09. The fourth-order valence-electron chi connectivity index (χ4n) is 2.46. The smallest absolute Gasteiger partial charge is 0.0650 e. The van der Waals surface area contributed by atoms with Crippen LogP contribution in [0, 0.1) is 0 Å². The second-order valence-electron chi connectivity index (χ2n) is 6.74. The van der Waals surface area contributed by atoms with Crippen molar-refractivity contribution in [1.82, 2.24) is 0 Å². The van der Waals surface area contributed by atoms with Crippen LogP contribution in [0.3, 0.4) is 0 Å². The summed E-state index contributed by atoms with van der Waals surface area (Å²) in [6, 6.07) is 21.5. The molecule has 0 fully saturated rings. The molecule has 1 aliphatic rings. The Labute approximate surface area is 233 Å². The fourth-order valence-corrected chi connectivity index (χ4v) is 5.24. The molecule has 0 N–H and O–H groups in total. The molecule has 0 radical (unpaired) electrons. The van der Waals surface area contributed by atoms with Gasteiger partial charge in [0.05, 0.1) is 5.25 Å². The quantitative estimate of drug-likeness (QED) is 0.272. The van der Waals surface area contributed by atoms with Crippen LogP contribution in [0.4, 0.5) is 0 Å². The van der Waals surface area contributed by atoms with Crippen LogP contribution in [0.2, 0.25) is 0 Å². The van der Waals surface area contributed by atoms with Crippen molar-refractivity contribution >= 4 is 21.6 Å². The van der Waals surface area contributed by atoms with Crippen molar-refractivity contribution in [3.63, 3.8) is 0 Å². The largest absolute Gasteiger partial charge is 0.106 e. The van der Waals surface area contributed by atoms with E-state index in [9.17, 15) is 0 Å². The van der Waals surface area contributed by atoms with E-state index in [2.05, 4.69) is 118 Å². The minimum atomic E-state index is 0.371. The van der Waals surface area contributed by atoms with E-state index in [4.69, 9.17) is 0 Å². The molecule has 0 aliphatic heterocycles. The minimum absolute atomic E-state index is 0.371. The maximum absolute atomic E-state index is 3.00. The van der Waals surface area contributed by atoms with E-state index in [0.29, 0.717) is 5.25 Å². The first-order valence-corrected chi connectivity index (χ1v) is 15.6. The molecule has 2 heteroatoms. The van der Waals surface area contributed by atoms with Gasteiger partial charge in [-0.3, -0.25) is 0 Å². The summed E-state index contributed by atoms with van der Waals surface area (Å²) >= 11 is 0. The maximum atomic E-state index is 3.00. The van der Waals surface area contributed by atoms with Crippen LogP contribution in [0.5, 0.6) is 0 Å². The normalized spacial score (nSPS) is 10.9. The van der Waals surface area contributed by atoms with E-state index < -0.39 is 0 Å². The molecule has 0 saturated carbocycles. The molecule has 200 valence electrons. The Hall–Kier alpha value is -2.16. The summed E-state index contributed by atoms with van der Waals surface area (Å²) in [5.74, 6) is 1.04. The molecule has 0 unspecified atom stereocenters. The monoisotopic (exact) mass is 524 g/mol. The van der Waals surface area contributed by atoms with Crippen LogP contribution in [-0.4, -0.2) is 5.75 Å². The molecule has 0 saturated heterocycles. The van der Waals surface area contributed by atoms with E-state index in [0.717, 1.165) is 12.2 Å². The van der Waals surface area contributed by atoms with E-state index in [1.165, 1.54) is 23.1 Å². The number of hydrogen-bond donors (Lipinski definition) is 0. The number of benzene rings is 2. The van der Waals surface area contributed by atoms with Crippen LogP contribution in [0.1, 0.15) is 84.6 Å². The third-order valence-corrected chi connectivity index (χ3v) is 6.66. The lowest BCUT2D eigenvalue weighted by atomic mass is 10.0. The van der Waals surface area contributed by atoms with Gasteiger partial charge in [-0.15, -0.1) is 13.2 Å². The van der Waals surface area contributed by atoms with Crippen LogP contribution in [0.15, 0.2) is 122 Å². The van der Waals surface area contributed by atoms with Crippen molar-refractivity contribution in [2.75, 3.05) is 5.75 Å². The molecule has 0 amide bonds. The lowest BCUT2D eigenvalue weighted by Gasteiger charge is -2.17. The molecule has 1 aliphatic carbocycles. The average molecular weight is 525 g/mol. The molecule has 36 heavy (non-hydrogen) atoms. The minimum Gasteiger partial charge on any atom is -0.106 e. The van der Waals surface area contributed by atoms with E-state index in [1.807, 2.05) is 75.3 Å². The summed E-state index contributed by atoms with van der Waals surface area (Å²) in [6.07, 6.45) is 17.3. The van der Waals surface area contributed by atoms with Gasteiger partial charge in [-0.1, -0.05) is 173 Å².